The first-order chi connectivity index (χ1) is 13.6. The molecule has 0 spiro atoms. The highest BCUT2D eigenvalue weighted by atomic mass is 19.1. The van der Waals surface area contributed by atoms with Crippen LogP contribution in [0.15, 0.2) is 18.5 Å². The van der Waals surface area contributed by atoms with E-state index in [1.807, 2.05) is 4.90 Å². The number of carbonyl (C=O) groups excluding carboxylic acids is 2. The molecule has 2 saturated heterocycles. The lowest BCUT2D eigenvalue weighted by molar-refractivity contribution is -0.126. The third-order valence-corrected chi connectivity index (χ3v) is 5.19. The lowest BCUT2D eigenvalue weighted by atomic mass is 10.1. The van der Waals surface area contributed by atoms with Crippen LogP contribution in [0.2, 0.25) is 0 Å². The fourth-order valence-electron chi connectivity index (χ4n) is 3.61. The summed E-state index contributed by atoms with van der Waals surface area (Å²) in [6.45, 7) is 2.30. The van der Waals surface area contributed by atoms with Gasteiger partial charge in [-0.3, -0.25) is 19.3 Å². The smallest absolute Gasteiger partial charge is 0.257 e. The molecule has 2 aliphatic rings. The Kier molecular flexibility index (Phi) is 4.97. The van der Waals surface area contributed by atoms with Crippen LogP contribution < -0.4 is 4.74 Å². The predicted octanol–water partition coefficient (Wildman–Crippen LogP) is 1.47. The molecule has 2 amide bonds. The van der Waals surface area contributed by atoms with Crippen LogP contribution in [0, 0.1) is 5.82 Å². The first-order valence-corrected chi connectivity index (χ1v) is 9.40. The number of halogens is 1. The van der Waals surface area contributed by atoms with E-state index in [1.165, 1.54) is 12.3 Å². The number of aryl methyl sites for hydroxylation is 1. The number of likely N-dealkylation sites (tertiary alicyclic amines) is 2. The van der Waals surface area contributed by atoms with Gasteiger partial charge >= 0.3 is 0 Å². The Balaban J connectivity index is 1.60. The molecule has 4 rings (SSSR count). The van der Waals surface area contributed by atoms with Gasteiger partial charge in [-0.15, -0.1) is 0 Å². The number of ether oxygens (including phenoxy) is 1. The maximum absolute atomic E-state index is 14.2. The summed E-state index contributed by atoms with van der Waals surface area (Å²) in [5, 5.41) is 4.22. The number of carbonyl (C=O) groups is 2. The molecule has 0 N–H and O–H groups in total. The van der Waals surface area contributed by atoms with Gasteiger partial charge in [-0.25, -0.2) is 4.39 Å². The number of amides is 2. The van der Waals surface area contributed by atoms with Gasteiger partial charge in [-0.2, -0.15) is 5.10 Å². The van der Waals surface area contributed by atoms with Crippen LogP contribution in [-0.4, -0.2) is 69.2 Å². The normalized spacial score (nSPS) is 17.4. The molecule has 2 aromatic rings. The molecule has 0 saturated carbocycles. The molecule has 0 aliphatic carbocycles. The minimum atomic E-state index is -0.584. The van der Waals surface area contributed by atoms with Crippen molar-refractivity contribution in [3.05, 3.63) is 29.8 Å². The van der Waals surface area contributed by atoms with E-state index < -0.39 is 5.82 Å². The molecule has 0 radical (unpaired) electrons. The highest BCUT2D eigenvalue weighted by Crippen LogP contribution is 2.29. The zero-order valence-corrected chi connectivity index (χ0v) is 15.7. The molecule has 148 valence electrons. The summed E-state index contributed by atoms with van der Waals surface area (Å²) in [5.74, 6) is -0.616. The summed E-state index contributed by atoms with van der Waals surface area (Å²) in [5.41, 5.74) is 1.40. The summed E-state index contributed by atoms with van der Waals surface area (Å²) in [4.78, 5) is 31.2. The van der Waals surface area contributed by atoms with Crippen molar-refractivity contribution < 1.29 is 18.7 Å². The molecule has 0 aromatic carbocycles. The van der Waals surface area contributed by atoms with Crippen molar-refractivity contribution in [1.82, 2.24) is 24.6 Å². The van der Waals surface area contributed by atoms with Crippen LogP contribution in [0.1, 0.15) is 29.6 Å². The second-order valence-electron chi connectivity index (χ2n) is 7.18. The van der Waals surface area contributed by atoms with E-state index in [0.717, 1.165) is 45.0 Å². The van der Waals surface area contributed by atoms with Crippen molar-refractivity contribution in [1.29, 1.82) is 0 Å². The number of hydrogen-bond donors (Lipinski definition) is 0. The van der Waals surface area contributed by atoms with Crippen molar-refractivity contribution in [2.75, 3.05) is 26.2 Å². The molecule has 0 bridgehead atoms. The van der Waals surface area contributed by atoms with E-state index in [-0.39, 0.29) is 17.8 Å². The maximum Gasteiger partial charge on any atom is 0.257 e. The molecule has 4 heterocycles. The summed E-state index contributed by atoms with van der Waals surface area (Å²) in [7, 11) is 1.72. The Morgan fingerprint density at radius 3 is 2.71 bits per heavy atom. The molecule has 2 fully saturated rings. The van der Waals surface area contributed by atoms with Gasteiger partial charge in [0.05, 0.1) is 42.4 Å². The third kappa shape index (κ3) is 3.44. The SMILES string of the molecule is Cn1ncc(C(=O)N2CCCCC2)c1-c1cc(OC2CN(C=O)C2)c(F)cn1. The average Bonchev–Trinajstić information content (AvgIpc) is 3.07. The van der Waals surface area contributed by atoms with Crippen molar-refractivity contribution in [2.24, 2.45) is 7.05 Å². The van der Waals surface area contributed by atoms with Gasteiger partial charge in [0.2, 0.25) is 6.41 Å². The second kappa shape index (κ2) is 7.57. The molecule has 2 aliphatic heterocycles. The Labute approximate surface area is 161 Å². The van der Waals surface area contributed by atoms with E-state index in [9.17, 15) is 14.0 Å². The Hall–Kier alpha value is -2.97. The number of piperidine rings is 1. The number of rotatable bonds is 5. The van der Waals surface area contributed by atoms with Crippen LogP contribution in [0.5, 0.6) is 5.75 Å². The Bertz CT molecular complexity index is 888. The van der Waals surface area contributed by atoms with E-state index in [1.54, 1.807) is 16.6 Å². The monoisotopic (exact) mass is 387 g/mol. The number of aromatic nitrogens is 3. The zero-order chi connectivity index (χ0) is 19.7. The summed E-state index contributed by atoms with van der Waals surface area (Å²) in [6.07, 6.45) is 6.22. The largest absolute Gasteiger partial charge is 0.484 e. The molecule has 9 heteroatoms. The van der Waals surface area contributed by atoms with Crippen LogP contribution in [0.3, 0.4) is 0 Å². The van der Waals surface area contributed by atoms with E-state index in [4.69, 9.17) is 4.74 Å². The zero-order valence-electron chi connectivity index (χ0n) is 15.7. The highest BCUT2D eigenvalue weighted by Gasteiger charge is 2.29. The fraction of sp³-hybridized carbons (Fsp3) is 0.474. The van der Waals surface area contributed by atoms with Crippen molar-refractivity contribution in [3.8, 4) is 17.1 Å². The molecular weight excluding hydrogens is 365 g/mol. The van der Waals surface area contributed by atoms with Crippen molar-refractivity contribution >= 4 is 12.3 Å². The van der Waals surface area contributed by atoms with Gasteiger partial charge in [0.1, 0.15) is 6.10 Å². The van der Waals surface area contributed by atoms with Gasteiger partial charge in [0, 0.05) is 26.2 Å². The van der Waals surface area contributed by atoms with Gasteiger partial charge in [0.15, 0.2) is 11.6 Å². The number of nitrogens with zero attached hydrogens (tertiary/aromatic N) is 5. The fourth-order valence-corrected chi connectivity index (χ4v) is 3.61. The summed E-state index contributed by atoms with van der Waals surface area (Å²) >= 11 is 0. The third-order valence-electron chi connectivity index (χ3n) is 5.19. The molecule has 0 unspecified atom stereocenters. The molecule has 28 heavy (non-hydrogen) atoms. The lowest BCUT2D eigenvalue weighted by Crippen LogP contribution is -2.52. The molecule has 2 aromatic heterocycles. The number of pyridine rings is 1. The van der Waals surface area contributed by atoms with E-state index >= 15 is 0 Å². The van der Waals surface area contributed by atoms with Gasteiger partial charge < -0.3 is 14.5 Å². The quantitative estimate of drug-likeness (QED) is 0.726. The van der Waals surface area contributed by atoms with Crippen LogP contribution in [0.4, 0.5) is 4.39 Å². The second-order valence-corrected chi connectivity index (χ2v) is 7.18. The van der Waals surface area contributed by atoms with E-state index in [0.29, 0.717) is 30.0 Å². The van der Waals surface area contributed by atoms with Crippen LogP contribution in [0.25, 0.3) is 11.4 Å². The van der Waals surface area contributed by atoms with Gasteiger partial charge in [0.25, 0.3) is 5.91 Å². The standard InChI is InChI=1S/C19H22FN5O3/c1-23-18(14(8-22-23)19(27)25-5-3-2-4-6-25)16-7-17(15(20)9-21-16)28-13-10-24(11-13)12-26/h7-9,12-13H,2-6,10-11H2,1H3. The summed E-state index contributed by atoms with van der Waals surface area (Å²) in [6, 6.07) is 1.49. The minimum Gasteiger partial charge on any atom is -0.484 e. The molecule has 0 atom stereocenters. The molecular formula is C19H22FN5O3. The van der Waals surface area contributed by atoms with E-state index in [2.05, 4.69) is 10.1 Å². The highest BCUT2D eigenvalue weighted by molar-refractivity contribution is 5.99. The van der Waals surface area contributed by atoms with Crippen LogP contribution >= 0.6 is 0 Å². The lowest BCUT2D eigenvalue weighted by Gasteiger charge is -2.36. The minimum absolute atomic E-state index is 0.0538. The molecule has 8 nitrogen and oxygen atoms in total. The number of hydrogen-bond acceptors (Lipinski definition) is 5. The topological polar surface area (TPSA) is 80.6 Å². The van der Waals surface area contributed by atoms with Gasteiger partial charge in [-0.1, -0.05) is 0 Å². The van der Waals surface area contributed by atoms with Gasteiger partial charge in [-0.05, 0) is 19.3 Å². The first kappa shape index (κ1) is 18.4. The Morgan fingerprint density at radius 1 is 1.25 bits per heavy atom. The van der Waals surface area contributed by atoms with Crippen molar-refractivity contribution in [2.45, 2.75) is 25.4 Å². The maximum atomic E-state index is 14.2. The average molecular weight is 387 g/mol. The summed E-state index contributed by atoms with van der Waals surface area (Å²) < 4.78 is 21.4. The first-order valence-electron chi connectivity index (χ1n) is 9.40. The van der Waals surface area contributed by atoms with Crippen molar-refractivity contribution in [3.63, 3.8) is 0 Å². The Morgan fingerprint density at radius 2 is 2.00 bits per heavy atom. The predicted molar refractivity (Wildman–Crippen MR) is 98.2 cm³/mol. The van der Waals surface area contributed by atoms with Crippen LogP contribution in [-0.2, 0) is 11.8 Å².